The molecule has 2 aromatic rings. The number of carbonyl (C=O) groups excluding carboxylic acids is 2. The van der Waals surface area contributed by atoms with Crippen molar-refractivity contribution >= 4 is 22.7 Å². The van der Waals surface area contributed by atoms with Gasteiger partial charge in [-0.25, -0.2) is 0 Å². The Bertz CT molecular complexity index is 663. The molecule has 3 rings (SSSR count). The van der Waals surface area contributed by atoms with E-state index in [2.05, 4.69) is 10.3 Å². The summed E-state index contributed by atoms with van der Waals surface area (Å²) in [6.45, 7) is 1.96. The summed E-state index contributed by atoms with van der Waals surface area (Å²) in [7, 11) is 0. The molecule has 1 aliphatic heterocycles. The highest BCUT2D eigenvalue weighted by Gasteiger charge is 2.26. The third-order valence-electron chi connectivity index (χ3n) is 3.47. The van der Waals surface area contributed by atoms with E-state index in [4.69, 9.17) is 0 Å². The van der Waals surface area contributed by atoms with Crippen LogP contribution in [0.5, 0.6) is 0 Å². The van der Waals surface area contributed by atoms with Crippen LogP contribution in [0.15, 0.2) is 30.3 Å². The Morgan fingerprint density at radius 2 is 1.84 bits per heavy atom. The Morgan fingerprint density at radius 1 is 1.11 bits per heavy atom. The fourth-order valence-electron chi connectivity index (χ4n) is 2.51. The number of piperidine rings is 1. The van der Waals surface area contributed by atoms with Crippen molar-refractivity contribution in [2.24, 2.45) is 0 Å². The topological polar surface area (TPSA) is 59.1 Å². The molecule has 1 N–H and O–H groups in total. The van der Waals surface area contributed by atoms with Crippen LogP contribution in [0, 0.1) is 6.92 Å². The summed E-state index contributed by atoms with van der Waals surface area (Å²) in [6.07, 6.45) is 0.743. The number of aromatic nitrogens is 1. The van der Waals surface area contributed by atoms with Crippen LogP contribution in [0.1, 0.15) is 30.0 Å². The maximum Gasteiger partial charge on any atom is 0.227 e. The van der Waals surface area contributed by atoms with E-state index >= 15 is 0 Å². The maximum atomic E-state index is 11.4. The van der Waals surface area contributed by atoms with Gasteiger partial charge in [0.1, 0.15) is 0 Å². The number of benzene rings is 1. The summed E-state index contributed by atoms with van der Waals surface area (Å²) < 4.78 is 0. The number of pyridine rings is 1. The lowest BCUT2D eigenvalue weighted by Gasteiger charge is -2.21. The number of carbonyl (C=O) groups is 2. The van der Waals surface area contributed by atoms with Crippen molar-refractivity contribution < 1.29 is 9.59 Å². The van der Waals surface area contributed by atoms with Crippen LogP contribution >= 0.6 is 0 Å². The predicted octanol–water partition coefficient (Wildman–Crippen LogP) is 2.06. The van der Waals surface area contributed by atoms with Gasteiger partial charge in [-0.2, -0.15) is 0 Å². The van der Waals surface area contributed by atoms with E-state index in [1.165, 1.54) is 0 Å². The molecule has 0 unspecified atom stereocenters. The molecule has 4 heteroatoms. The van der Waals surface area contributed by atoms with Gasteiger partial charge in [0.15, 0.2) is 0 Å². The summed E-state index contributed by atoms with van der Waals surface area (Å²) in [5.74, 6) is -0.404. The van der Waals surface area contributed by atoms with E-state index in [0.717, 1.165) is 22.2 Å². The Labute approximate surface area is 110 Å². The largest absolute Gasteiger partial charge is 0.296 e. The number of amides is 2. The van der Waals surface area contributed by atoms with Crippen LogP contribution < -0.4 is 5.32 Å². The minimum Gasteiger partial charge on any atom is -0.296 e. The lowest BCUT2D eigenvalue weighted by atomic mass is 9.89. The quantitative estimate of drug-likeness (QED) is 0.792. The minimum atomic E-state index is -0.191. The first-order valence-corrected chi connectivity index (χ1v) is 6.32. The Hall–Kier alpha value is -2.23. The predicted molar refractivity (Wildman–Crippen MR) is 71.6 cm³/mol. The summed E-state index contributed by atoms with van der Waals surface area (Å²) in [4.78, 5) is 27.3. The zero-order valence-corrected chi connectivity index (χ0v) is 10.6. The van der Waals surface area contributed by atoms with Crippen LogP contribution in [-0.4, -0.2) is 16.8 Å². The fourth-order valence-corrected chi connectivity index (χ4v) is 2.51. The van der Waals surface area contributed by atoms with Crippen molar-refractivity contribution in [2.75, 3.05) is 0 Å². The molecule has 19 heavy (non-hydrogen) atoms. The van der Waals surface area contributed by atoms with E-state index in [0.29, 0.717) is 12.8 Å². The summed E-state index contributed by atoms with van der Waals surface area (Å²) in [5, 5.41) is 3.38. The van der Waals surface area contributed by atoms with E-state index in [-0.39, 0.29) is 17.7 Å². The number of hydrogen-bond acceptors (Lipinski definition) is 3. The highest BCUT2D eigenvalue weighted by molar-refractivity contribution is 5.98. The molecule has 0 radical (unpaired) electrons. The summed E-state index contributed by atoms with van der Waals surface area (Å²) in [5.41, 5.74) is 2.95. The lowest BCUT2D eigenvalue weighted by molar-refractivity contribution is -0.133. The SMILES string of the molecule is Cc1ccc2cc(C3CC(=O)NC(=O)C3)ccc2n1. The Kier molecular flexibility index (Phi) is 2.78. The highest BCUT2D eigenvalue weighted by atomic mass is 16.2. The number of nitrogens with zero attached hydrogens (tertiary/aromatic N) is 1. The molecule has 2 heterocycles. The van der Waals surface area contributed by atoms with Gasteiger partial charge in [0.05, 0.1) is 5.52 Å². The van der Waals surface area contributed by atoms with Gasteiger partial charge in [-0.1, -0.05) is 12.1 Å². The van der Waals surface area contributed by atoms with Crippen molar-refractivity contribution in [3.05, 3.63) is 41.6 Å². The van der Waals surface area contributed by atoms with Gasteiger partial charge in [0.25, 0.3) is 0 Å². The Balaban J connectivity index is 1.99. The van der Waals surface area contributed by atoms with E-state index in [9.17, 15) is 9.59 Å². The molecule has 1 aromatic heterocycles. The zero-order valence-electron chi connectivity index (χ0n) is 10.6. The van der Waals surface area contributed by atoms with E-state index in [1.54, 1.807) is 0 Å². The second kappa shape index (κ2) is 4.46. The average molecular weight is 254 g/mol. The monoisotopic (exact) mass is 254 g/mol. The summed E-state index contributed by atoms with van der Waals surface area (Å²) >= 11 is 0. The van der Waals surface area contributed by atoms with Gasteiger partial charge in [0, 0.05) is 29.8 Å². The number of hydrogen-bond donors (Lipinski definition) is 1. The molecule has 0 spiro atoms. The van der Waals surface area contributed by atoms with Crippen molar-refractivity contribution in [2.45, 2.75) is 25.7 Å². The van der Waals surface area contributed by atoms with Gasteiger partial charge in [0.2, 0.25) is 11.8 Å². The van der Waals surface area contributed by atoms with Crippen LogP contribution in [-0.2, 0) is 9.59 Å². The number of fused-ring (bicyclic) bond motifs is 1. The molecule has 1 saturated heterocycles. The first kappa shape index (κ1) is 11.8. The van der Waals surface area contributed by atoms with Crippen LogP contribution in [0.4, 0.5) is 0 Å². The molecule has 0 atom stereocenters. The van der Waals surface area contributed by atoms with E-state index in [1.807, 2.05) is 37.3 Å². The number of nitrogens with one attached hydrogen (secondary N) is 1. The van der Waals surface area contributed by atoms with Gasteiger partial charge >= 0.3 is 0 Å². The van der Waals surface area contributed by atoms with Crippen molar-refractivity contribution in [1.29, 1.82) is 0 Å². The molecule has 0 bridgehead atoms. The van der Waals surface area contributed by atoms with Crippen LogP contribution in [0.3, 0.4) is 0 Å². The smallest absolute Gasteiger partial charge is 0.227 e. The molecule has 4 nitrogen and oxygen atoms in total. The summed E-state index contributed by atoms with van der Waals surface area (Å²) in [6, 6.07) is 9.93. The molecule has 0 aliphatic carbocycles. The standard InChI is InChI=1S/C15H14N2O2/c1-9-2-3-11-6-10(4-5-13(11)16-9)12-7-14(18)17-15(19)8-12/h2-6,12H,7-8H2,1H3,(H,17,18,19). The Morgan fingerprint density at radius 3 is 2.58 bits per heavy atom. The first-order valence-electron chi connectivity index (χ1n) is 6.32. The molecular formula is C15H14N2O2. The molecule has 1 aromatic carbocycles. The average Bonchev–Trinajstić information content (AvgIpc) is 2.37. The molecule has 2 amide bonds. The zero-order chi connectivity index (χ0) is 13.4. The second-order valence-electron chi connectivity index (χ2n) is 4.98. The lowest BCUT2D eigenvalue weighted by Crippen LogP contribution is -2.37. The molecule has 0 saturated carbocycles. The third-order valence-corrected chi connectivity index (χ3v) is 3.47. The van der Waals surface area contributed by atoms with E-state index < -0.39 is 0 Å². The van der Waals surface area contributed by atoms with Crippen molar-refractivity contribution in [3.63, 3.8) is 0 Å². The molecule has 1 fully saturated rings. The minimum absolute atomic E-state index is 0.0213. The number of imide groups is 1. The van der Waals surface area contributed by atoms with Crippen molar-refractivity contribution in [3.8, 4) is 0 Å². The number of aryl methyl sites for hydroxylation is 1. The van der Waals surface area contributed by atoms with Crippen molar-refractivity contribution in [1.82, 2.24) is 10.3 Å². The fraction of sp³-hybridized carbons (Fsp3) is 0.267. The highest BCUT2D eigenvalue weighted by Crippen LogP contribution is 2.28. The molecule has 96 valence electrons. The van der Waals surface area contributed by atoms with Gasteiger partial charge in [-0.05, 0) is 30.7 Å². The third kappa shape index (κ3) is 2.34. The van der Waals surface area contributed by atoms with Crippen LogP contribution in [0.25, 0.3) is 10.9 Å². The molecular weight excluding hydrogens is 240 g/mol. The normalized spacial score (nSPS) is 16.7. The van der Waals surface area contributed by atoms with Gasteiger partial charge < -0.3 is 0 Å². The maximum absolute atomic E-state index is 11.4. The number of rotatable bonds is 1. The first-order chi connectivity index (χ1) is 9.11. The second-order valence-corrected chi connectivity index (χ2v) is 4.98. The van der Waals surface area contributed by atoms with Gasteiger partial charge in [-0.3, -0.25) is 19.9 Å². The molecule has 1 aliphatic rings. The van der Waals surface area contributed by atoms with Crippen LogP contribution in [0.2, 0.25) is 0 Å². The van der Waals surface area contributed by atoms with Gasteiger partial charge in [-0.15, -0.1) is 0 Å².